The highest BCUT2D eigenvalue weighted by Crippen LogP contribution is 2.25. The molecule has 0 fully saturated rings. The number of benzene rings is 2. The van der Waals surface area contributed by atoms with Crippen molar-refractivity contribution in [2.45, 2.75) is 13.0 Å². The zero-order valence-corrected chi connectivity index (χ0v) is 14.5. The Kier molecular flexibility index (Phi) is 4.96. The Bertz CT molecular complexity index is 930. The van der Waals surface area contributed by atoms with Crippen molar-refractivity contribution >= 4 is 34.8 Å². The van der Waals surface area contributed by atoms with Crippen LogP contribution in [0.4, 0.5) is 10.1 Å². The number of carbonyl (C=O) groups is 1. The third-order valence-corrected chi connectivity index (χ3v) is 4.10. The highest BCUT2D eigenvalue weighted by molar-refractivity contribution is 6.33. The highest BCUT2D eigenvalue weighted by atomic mass is 35.5. The lowest BCUT2D eigenvalue weighted by molar-refractivity contribution is -0.119. The van der Waals surface area contributed by atoms with Gasteiger partial charge in [-0.15, -0.1) is 10.2 Å². The number of rotatable bonds is 4. The van der Waals surface area contributed by atoms with E-state index in [0.29, 0.717) is 22.1 Å². The summed E-state index contributed by atoms with van der Waals surface area (Å²) < 4.78 is 13.1. The van der Waals surface area contributed by atoms with E-state index >= 15 is 0 Å². The Morgan fingerprint density at radius 1 is 1.20 bits per heavy atom. The van der Waals surface area contributed by atoms with E-state index in [1.54, 1.807) is 31.2 Å². The standard InChI is InChI=1S/C16H12Cl2FN5O/c1-9(16(25)20-14-7-6-10(19)8-13(14)18)24-22-15(21-23-24)11-4-2-3-5-12(11)17/h2-9H,1H3,(H,20,25)/t9-/m0/s1. The summed E-state index contributed by atoms with van der Waals surface area (Å²) in [4.78, 5) is 13.5. The molecule has 0 aliphatic rings. The van der Waals surface area contributed by atoms with E-state index in [1.807, 2.05) is 0 Å². The van der Waals surface area contributed by atoms with Crippen LogP contribution in [0.15, 0.2) is 42.5 Å². The molecule has 3 rings (SSSR count). The van der Waals surface area contributed by atoms with E-state index in [9.17, 15) is 9.18 Å². The van der Waals surface area contributed by atoms with Crippen LogP contribution in [-0.2, 0) is 4.79 Å². The molecular formula is C16H12Cl2FN5O. The summed E-state index contributed by atoms with van der Waals surface area (Å²) in [5.41, 5.74) is 0.913. The number of aromatic nitrogens is 4. The number of amides is 1. The normalized spacial score (nSPS) is 12.0. The Morgan fingerprint density at radius 3 is 2.68 bits per heavy atom. The Morgan fingerprint density at radius 2 is 1.96 bits per heavy atom. The van der Waals surface area contributed by atoms with Crippen molar-refractivity contribution in [1.29, 1.82) is 0 Å². The molecule has 1 N–H and O–H groups in total. The minimum Gasteiger partial charge on any atom is -0.323 e. The summed E-state index contributed by atoms with van der Waals surface area (Å²) in [5.74, 6) is -0.597. The minimum absolute atomic E-state index is 0.101. The number of halogens is 3. The molecule has 0 spiro atoms. The van der Waals surface area contributed by atoms with Crippen molar-refractivity contribution in [2.75, 3.05) is 5.32 Å². The van der Waals surface area contributed by atoms with Gasteiger partial charge in [0.15, 0.2) is 0 Å². The van der Waals surface area contributed by atoms with Crippen LogP contribution in [0.1, 0.15) is 13.0 Å². The monoisotopic (exact) mass is 379 g/mol. The summed E-state index contributed by atoms with van der Waals surface area (Å²) in [5, 5.41) is 15.2. The van der Waals surface area contributed by atoms with Gasteiger partial charge in [-0.2, -0.15) is 4.80 Å². The number of anilines is 1. The maximum Gasteiger partial charge on any atom is 0.250 e. The van der Waals surface area contributed by atoms with Gasteiger partial charge in [0.25, 0.3) is 5.91 Å². The first-order valence-corrected chi connectivity index (χ1v) is 8.01. The lowest BCUT2D eigenvalue weighted by atomic mass is 10.2. The molecule has 0 saturated carbocycles. The van der Waals surface area contributed by atoms with Gasteiger partial charge in [0.1, 0.15) is 11.9 Å². The second-order valence-electron chi connectivity index (χ2n) is 5.20. The van der Waals surface area contributed by atoms with Gasteiger partial charge in [-0.05, 0) is 42.5 Å². The van der Waals surface area contributed by atoms with Crippen molar-refractivity contribution in [3.8, 4) is 11.4 Å². The molecule has 0 aliphatic heterocycles. The van der Waals surface area contributed by atoms with Crippen molar-refractivity contribution < 1.29 is 9.18 Å². The molecule has 0 aliphatic carbocycles. The van der Waals surface area contributed by atoms with Gasteiger partial charge < -0.3 is 5.32 Å². The van der Waals surface area contributed by atoms with Gasteiger partial charge in [0, 0.05) is 5.56 Å². The fraction of sp³-hybridized carbons (Fsp3) is 0.125. The third-order valence-electron chi connectivity index (χ3n) is 3.46. The van der Waals surface area contributed by atoms with Crippen molar-refractivity contribution in [3.63, 3.8) is 0 Å². The topological polar surface area (TPSA) is 72.7 Å². The van der Waals surface area contributed by atoms with Gasteiger partial charge in [-0.25, -0.2) is 4.39 Å². The molecule has 0 radical (unpaired) electrons. The molecule has 3 aromatic rings. The first kappa shape index (κ1) is 17.3. The average Bonchev–Trinajstić information content (AvgIpc) is 3.06. The molecule has 2 aromatic carbocycles. The van der Waals surface area contributed by atoms with Crippen molar-refractivity contribution in [1.82, 2.24) is 20.2 Å². The number of nitrogens with one attached hydrogen (secondary N) is 1. The quantitative estimate of drug-likeness (QED) is 0.743. The van der Waals surface area contributed by atoms with Crippen LogP contribution in [0, 0.1) is 5.82 Å². The van der Waals surface area contributed by atoms with E-state index in [2.05, 4.69) is 20.7 Å². The van der Waals surface area contributed by atoms with Gasteiger partial charge >= 0.3 is 0 Å². The van der Waals surface area contributed by atoms with Crippen LogP contribution in [-0.4, -0.2) is 26.1 Å². The summed E-state index contributed by atoms with van der Waals surface area (Å²) in [6, 6.07) is 10.0. The molecule has 6 nitrogen and oxygen atoms in total. The largest absolute Gasteiger partial charge is 0.323 e. The molecule has 9 heteroatoms. The molecule has 0 unspecified atom stereocenters. The molecule has 1 atom stereocenters. The Hall–Kier alpha value is -2.51. The number of tetrazole rings is 1. The Labute approximate surface area is 152 Å². The number of hydrogen-bond acceptors (Lipinski definition) is 4. The van der Waals surface area contributed by atoms with E-state index in [1.165, 1.54) is 16.9 Å². The second-order valence-corrected chi connectivity index (χ2v) is 6.02. The smallest absolute Gasteiger partial charge is 0.250 e. The second kappa shape index (κ2) is 7.16. The fourth-order valence-electron chi connectivity index (χ4n) is 2.07. The van der Waals surface area contributed by atoms with E-state index in [-0.39, 0.29) is 5.02 Å². The van der Waals surface area contributed by atoms with E-state index in [0.717, 1.165) is 6.07 Å². The van der Waals surface area contributed by atoms with E-state index in [4.69, 9.17) is 23.2 Å². The molecule has 0 bridgehead atoms. The molecular weight excluding hydrogens is 368 g/mol. The molecule has 1 heterocycles. The zero-order valence-electron chi connectivity index (χ0n) is 12.9. The molecule has 1 aromatic heterocycles. The van der Waals surface area contributed by atoms with Gasteiger partial charge in [-0.3, -0.25) is 4.79 Å². The average molecular weight is 380 g/mol. The lowest BCUT2D eigenvalue weighted by Crippen LogP contribution is -2.25. The summed E-state index contributed by atoms with van der Waals surface area (Å²) in [6.07, 6.45) is 0. The maximum absolute atomic E-state index is 13.1. The summed E-state index contributed by atoms with van der Waals surface area (Å²) in [6.45, 7) is 1.60. The van der Waals surface area contributed by atoms with Crippen LogP contribution in [0.3, 0.4) is 0 Å². The van der Waals surface area contributed by atoms with Gasteiger partial charge in [0.05, 0.1) is 15.7 Å². The number of hydrogen-bond donors (Lipinski definition) is 1. The first-order chi connectivity index (χ1) is 12.0. The van der Waals surface area contributed by atoms with Crippen LogP contribution in [0.5, 0.6) is 0 Å². The lowest BCUT2D eigenvalue weighted by Gasteiger charge is -2.11. The predicted octanol–water partition coefficient (Wildman–Crippen LogP) is 3.99. The fourth-order valence-corrected chi connectivity index (χ4v) is 2.51. The number of carbonyl (C=O) groups excluding carboxylic acids is 1. The minimum atomic E-state index is -0.759. The maximum atomic E-state index is 13.1. The first-order valence-electron chi connectivity index (χ1n) is 7.26. The highest BCUT2D eigenvalue weighted by Gasteiger charge is 2.20. The molecule has 128 valence electrons. The molecule has 25 heavy (non-hydrogen) atoms. The molecule has 1 amide bonds. The zero-order chi connectivity index (χ0) is 18.0. The van der Waals surface area contributed by atoms with Crippen molar-refractivity contribution in [3.05, 3.63) is 58.3 Å². The van der Waals surface area contributed by atoms with Crippen molar-refractivity contribution in [2.24, 2.45) is 0 Å². The van der Waals surface area contributed by atoms with Gasteiger partial charge in [0.2, 0.25) is 5.82 Å². The SMILES string of the molecule is C[C@@H](C(=O)Nc1ccc(F)cc1Cl)n1nnc(-c2ccccc2Cl)n1. The summed E-state index contributed by atoms with van der Waals surface area (Å²) in [7, 11) is 0. The predicted molar refractivity (Wildman–Crippen MR) is 93.0 cm³/mol. The van der Waals surface area contributed by atoms with E-state index < -0.39 is 17.8 Å². The van der Waals surface area contributed by atoms with Crippen LogP contribution in [0.25, 0.3) is 11.4 Å². The summed E-state index contributed by atoms with van der Waals surface area (Å²) >= 11 is 12.0. The molecule has 0 saturated heterocycles. The Balaban J connectivity index is 1.78. The third kappa shape index (κ3) is 3.78. The van der Waals surface area contributed by atoms with Gasteiger partial charge in [-0.1, -0.05) is 35.3 Å². The van der Waals surface area contributed by atoms with Crippen LogP contribution >= 0.6 is 23.2 Å². The number of nitrogens with zero attached hydrogens (tertiary/aromatic N) is 4. The van der Waals surface area contributed by atoms with Crippen LogP contribution in [0.2, 0.25) is 10.0 Å². The van der Waals surface area contributed by atoms with Crippen LogP contribution < -0.4 is 5.32 Å².